The molecule has 0 saturated heterocycles. The second-order valence-corrected chi connectivity index (χ2v) is 3.18. The molecule has 1 aliphatic carbocycles. The lowest BCUT2D eigenvalue weighted by Gasteiger charge is -2.11. The highest BCUT2D eigenvalue weighted by atomic mass is 14.9. The zero-order valence-electron chi connectivity index (χ0n) is 6.43. The fourth-order valence-corrected chi connectivity index (χ4v) is 1.47. The van der Waals surface area contributed by atoms with Crippen LogP contribution in [0.1, 0.15) is 39.5 Å². The van der Waals surface area contributed by atoms with E-state index in [4.69, 9.17) is 0 Å². The SMILES string of the molecule is CC(C)[N]C1CCCC1. The van der Waals surface area contributed by atoms with Gasteiger partial charge in [0.05, 0.1) is 0 Å². The first-order valence-electron chi connectivity index (χ1n) is 3.99. The molecule has 0 aromatic heterocycles. The van der Waals surface area contributed by atoms with Crippen LogP contribution in [0.25, 0.3) is 0 Å². The monoisotopic (exact) mass is 126 g/mol. The van der Waals surface area contributed by atoms with Gasteiger partial charge in [-0.3, -0.25) is 0 Å². The van der Waals surface area contributed by atoms with E-state index >= 15 is 0 Å². The summed E-state index contributed by atoms with van der Waals surface area (Å²) < 4.78 is 0. The summed E-state index contributed by atoms with van der Waals surface area (Å²) in [5.74, 6) is 0. The molecule has 0 N–H and O–H groups in total. The van der Waals surface area contributed by atoms with Gasteiger partial charge in [0, 0.05) is 12.1 Å². The molecule has 0 spiro atoms. The fourth-order valence-electron chi connectivity index (χ4n) is 1.47. The maximum absolute atomic E-state index is 4.58. The second kappa shape index (κ2) is 3.21. The van der Waals surface area contributed by atoms with E-state index in [9.17, 15) is 0 Å². The van der Waals surface area contributed by atoms with E-state index in [1.807, 2.05) is 0 Å². The summed E-state index contributed by atoms with van der Waals surface area (Å²) in [5, 5.41) is 4.58. The summed E-state index contributed by atoms with van der Waals surface area (Å²) >= 11 is 0. The Kier molecular flexibility index (Phi) is 2.52. The predicted molar refractivity (Wildman–Crippen MR) is 39.5 cm³/mol. The van der Waals surface area contributed by atoms with Gasteiger partial charge in [0.1, 0.15) is 0 Å². The molecule has 0 heterocycles. The summed E-state index contributed by atoms with van der Waals surface area (Å²) in [6, 6.07) is 1.26. The van der Waals surface area contributed by atoms with Crippen molar-refractivity contribution in [2.45, 2.75) is 51.6 Å². The molecule has 1 heteroatoms. The van der Waals surface area contributed by atoms with Crippen molar-refractivity contribution in [3.05, 3.63) is 0 Å². The first kappa shape index (κ1) is 7.07. The molecular weight excluding hydrogens is 110 g/mol. The van der Waals surface area contributed by atoms with Crippen molar-refractivity contribution in [1.29, 1.82) is 0 Å². The first-order chi connectivity index (χ1) is 4.29. The number of hydrogen-bond acceptors (Lipinski definition) is 0. The van der Waals surface area contributed by atoms with Crippen molar-refractivity contribution in [3.63, 3.8) is 0 Å². The molecule has 1 radical (unpaired) electrons. The fraction of sp³-hybridized carbons (Fsp3) is 1.00. The lowest BCUT2D eigenvalue weighted by molar-refractivity contribution is 0.460. The molecule has 53 valence electrons. The van der Waals surface area contributed by atoms with Gasteiger partial charge in [0.25, 0.3) is 0 Å². The Labute approximate surface area is 57.8 Å². The van der Waals surface area contributed by atoms with E-state index in [1.54, 1.807) is 0 Å². The maximum Gasteiger partial charge on any atom is 0.0249 e. The summed E-state index contributed by atoms with van der Waals surface area (Å²) in [4.78, 5) is 0. The first-order valence-corrected chi connectivity index (χ1v) is 3.99. The molecule has 0 atom stereocenters. The molecule has 1 aliphatic rings. The molecule has 0 aliphatic heterocycles. The Morgan fingerprint density at radius 2 is 1.78 bits per heavy atom. The van der Waals surface area contributed by atoms with E-state index in [2.05, 4.69) is 19.2 Å². The number of hydrogen-bond donors (Lipinski definition) is 0. The van der Waals surface area contributed by atoms with Crippen molar-refractivity contribution in [3.8, 4) is 0 Å². The van der Waals surface area contributed by atoms with Crippen molar-refractivity contribution in [2.75, 3.05) is 0 Å². The van der Waals surface area contributed by atoms with Gasteiger partial charge in [-0.05, 0) is 26.7 Å². The van der Waals surface area contributed by atoms with Crippen LogP contribution in [-0.2, 0) is 0 Å². The lowest BCUT2D eigenvalue weighted by Crippen LogP contribution is -2.24. The Morgan fingerprint density at radius 1 is 1.22 bits per heavy atom. The van der Waals surface area contributed by atoms with Crippen LogP contribution in [0.4, 0.5) is 0 Å². The highest BCUT2D eigenvalue weighted by molar-refractivity contribution is 4.74. The molecule has 1 fully saturated rings. The summed E-state index contributed by atoms with van der Waals surface area (Å²) in [6.07, 6.45) is 5.50. The van der Waals surface area contributed by atoms with E-state index in [1.165, 1.54) is 25.7 Å². The van der Waals surface area contributed by atoms with Crippen LogP contribution in [0.3, 0.4) is 0 Å². The minimum atomic E-state index is 0.549. The van der Waals surface area contributed by atoms with Crippen LogP contribution in [0.5, 0.6) is 0 Å². The van der Waals surface area contributed by atoms with Gasteiger partial charge in [0.2, 0.25) is 0 Å². The van der Waals surface area contributed by atoms with Crippen molar-refractivity contribution < 1.29 is 0 Å². The largest absolute Gasteiger partial charge is 0.236 e. The van der Waals surface area contributed by atoms with E-state index in [0.29, 0.717) is 12.1 Å². The smallest absolute Gasteiger partial charge is 0.0249 e. The number of rotatable bonds is 2. The Bertz CT molecular complexity index is 72.6. The van der Waals surface area contributed by atoms with Crippen molar-refractivity contribution >= 4 is 0 Å². The molecule has 0 bridgehead atoms. The van der Waals surface area contributed by atoms with Gasteiger partial charge in [-0.2, -0.15) is 0 Å². The van der Waals surface area contributed by atoms with Crippen LogP contribution in [0.15, 0.2) is 0 Å². The molecule has 1 saturated carbocycles. The van der Waals surface area contributed by atoms with Gasteiger partial charge >= 0.3 is 0 Å². The molecule has 0 aromatic rings. The zero-order valence-corrected chi connectivity index (χ0v) is 6.43. The minimum Gasteiger partial charge on any atom is -0.236 e. The van der Waals surface area contributed by atoms with Gasteiger partial charge in [-0.25, -0.2) is 5.32 Å². The van der Waals surface area contributed by atoms with Crippen LogP contribution in [0.2, 0.25) is 0 Å². The highest BCUT2D eigenvalue weighted by Crippen LogP contribution is 2.18. The molecule has 0 amide bonds. The Balaban J connectivity index is 2.11. The maximum atomic E-state index is 4.58. The summed E-state index contributed by atoms with van der Waals surface area (Å²) in [6.45, 7) is 4.33. The molecule has 1 nitrogen and oxygen atoms in total. The third-order valence-electron chi connectivity index (χ3n) is 1.83. The average Bonchev–Trinajstić information content (AvgIpc) is 2.15. The minimum absolute atomic E-state index is 0.549. The lowest BCUT2D eigenvalue weighted by atomic mass is 10.2. The molecule has 9 heavy (non-hydrogen) atoms. The van der Waals surface area contributed by atoms with Gasteiger partial charge in [-0.1, -0.05) is 12.8 Å². The van der Waals surface area contributed by atoms with Gasteiger partial charge < -0.3 is 0 Å². The average molecular weight is 126 g/mol. The standard InChI is InChI=1S/C8H16N/c1-7(2)9-8-5-3-4-6-8/h7-8H,3-6H2,1-2H3. The third-order valence-corrected chi connectivity index (χ3v) is 1.83. The zero-order chi connectivity index (χ0) is 6.69. The quantitative estimate of drug-likeness (QED) is 0.537. The molecule has 0 unspecified atom stereocenters. The van der Waals surface area contributed by atoms with Crippen LogP contribution in [-0.4, -0.2) is 12.1 Å². The molecule has 0 aromatic carbocycles. The topological polar surface area (TPSA) is 14.1 Å². The van der Waals surface area contributed by atoms with Crippen molar-refractivity contribution in [2.24, 2.45) is 0 Å². The van der Waals surface area contributed by atoms with E-state index < -0.39 is 0 Å². The molecule has 1 rings (SSSR count). The van der Waals surface area contributed by atoms with Crippen LogP contribution >= 0.6 is 0 Å². The molecular formula is C8H16N. The van der Waals surface area contributed by atoms with Crippen LogP contribution in [0, 0.1) is 0 Å². The van der Waals surface area contributed by atoms with Gasteiger partial charge in [-0.15, -0.1) is 0 Å². The van der Waals surface area contributed by atoms with Crippen LogP contribution < -0.4 is 5.32 Å². The normalized spacial score (nSPS) is 21.7. The van der Waals surface area contributed by atoms with Crippen molar-refractivity contribution in [1.82, 2.24) is 5.32 Å². The van der Waals surface area contributed by atoms with E-state index in [0.717, 1.165) is 0 Å². The second-order valence-electron chi connectivity index (χ2n) is 3.18. The number of nitrogens with zero attached hydrogens (tertiary/aromatic N) is 1. The summed E-state index contributed by atoms with van der Waals surface area (Å²) in [5.41, 5.74) is 0. The van der Waals surface area contributed by atoms with E-state index in [-0.39, 0.29) is 0 Å². The highest BCUT2D eigenvalue weighted by Gasteiger charge is 2.15. The van der Waals surface area contributed by atoms with Gasteiger partial charge in [0.15, 0.2) is 0 Å². The third kappa shape index (κ3) is 2.35. The Hall–Kier alpha value is -0.0400. The summed E-state index contributed by atoms with van der Waals surface area (Å²) in [7, 11) is 0. The predicted octanol–water partition coefficient (Wildman–Crippen LogP) is 1.94. The Morgan fingerprint density at radius 3 is 2.22 bits per heavy atom.